The standard InChI is InChI=1S/C17H22BrN3O3/c1-12-5-6-15(14(18)9-12)24-11-16(22)20-19-13(2)10-17(23)21-7-3-4-8-21/h5-6,9,19H,2-4,7-8,10-11H2,1H3,(H,20,22). The zero-order chi connectivity index (χ0) is 17.5. The first-order valence-corrected chi connectivity index (χ1v) is 8.64. The van der Waals surface area contributed by atoms with Gasteiger partial charge in [-0.2, -0.15) is 0 Å². The van der Waals surface area contributed by atoms with E-state index in [9.17, 15) is 9.59 Å². The molecule has 0 aromatic heterocycles. The molecule has 0 unspecified atom stereocenters. The summed E-state index contributed by atoms with van der Waals surface area (Å²) in [6.07, 6.45) is 2.27. The van der Waals surface area contributed by atoms with Gasteiger partial charge in [0.05, 0.1) is 10.9 Å². The van der Waals surface area contributed by atoms with E-state index in [0.29, 0.717) is 11.4 Å². The zero-order valence-corrected chi connectivity index (χ0v) is 15.3. The van der Waals surface area contributed by atoms with Gasteiger partial charge in [0.25, 0.3) is 5.91 Å². The number of halogens is 1. The summed E-state index contributed by atoms with van der Waals surface area (Å²) in [6.45, 7) is 7.20. The first kappa shape index (κ1) is 18.3. The van der Waals surface area contributed by atoms with Crippen molar-refractivity contribution in [2.45, 2.75) is 26.2 Å². The molecular weight excluding hydrogens is 374 g/mol. The normalized spacial score (nSPS) is 13.5. The molecule has 1 heterocycles. The Bertz CT molecular complexity index is 628. The quantitative estimate of drug-likeness (QED) is 0.694. The Morgan fingerprint density at radius 2 is 2.00 bits per heavy atom. The Morgan fingerprint density at radius 1 is 1.29 bits per heavy atom. The van der Waals surface area contributed by atoms with Gasteiger partial charge in [0, 0.05) is 18.8 Å². The molecule has 1 aliphatic heterocycles. The number of hydrogen-bond acceptors (Lipinski definition) is 4. The summed E-state index contributed by atoms with van der Waals surface area (Å²) < 4.78 is 6.24. The van der Waals surface area contributed by atoms with E-state index in [1.165, 1.54) is 0 Å². The number of amides is 2. The number of carbonyl (C=O) groups is 2. The van der Waals surface area contributed by atoms with Gasteiger partial charge >= 0.3 is 0 Å². The lowest BCUT2D eigenvalue weighted by molar-refractivity contribution is -0.130. The molecule has 2 amide bonds. The van der Waals surface area contributed by atoms with Crippen molar-refractivity contribution in [1.29, 1.82) is 0 Å². The van der Waals surface area contributed by atoms with Crippen LogP contribution in [-0.2, 0) is 9.59 Å². The predicted octanol–water partition coefficient (Wildman–Crippen LogP) is 2.28. The van der Waals surface area contributed by atoms with Crippen LogP contribution in [0.3, 0.4) is 0 Å². The molecule has 1 aromatic carbocycles. The maximum Gasteiger partial charge on any atom is 0.276 e. The minimum atomic E-state index is -0.350. The number of hydrazine groups is 1. The predicted molar refractivity (Wildman–Crippen MR) is 95.2 cm³/mol. The second-order valence-electron chi connectivity index (χ2n) is 5.76. The first-order chi connectivity index (χ1) is 11.5. The molecule has 7 heteroatoms. The molecule has 1 aliphatic rings. The number of benzene rings is 1. The third kappa shape index (κ3) is 5.56. The SMILES string of the molecule is C=C(CC(=O)N1CCCC1)NNC(=O)COc1ccc(C)cc1Br. The van der Waals surface area contributed by atoms with Crippen LogP contribution in [0.1, 0.15) is 24.8 Å². The summed E-state index contributed by atoms with van der Waals surface area (Å²) in [6, 6.07) is 5.62. The maximum absolute atomic E-state index is 12.0. The van der Waals surface area contributed by atoms with Gasteiger partial charge in [-0.1, -0.05) is 12.6 Å². The largest absolute Gasteiger partial charge is 0.483 e. The lowest BCUT2D eigenvalue weighted by Gasteiger charge is -2.17. The van der Waals surface area contributed by atoms with E-state index < -0.39 is 0 Å². The van der Waals surface area contributed by atoms with Crippen molar-refractivity contribution in [2.75, 3.05) is 19.7 Å². The fourth-order valence-corrected chi connectivity index (χ4v) is 2.97. The molecule has 0 spiro atoms. The average molecular weight is 396 g/mol. The topological polar surface area (TPSA) is 70.7 Å². The highest BCUT2D eigenvalue weighted by molar-refractivity contribution is 9.10. The van der Waals surface area contributed by atoms with Crippen LogP contribution in [0, 0.1) is 6.92 Å². The minimum absolute atomic E-state index is 0.0269. The van der Waals surface area contributed by atoms with Crippen LogP contribution < -0.4 is 15.6 Å². The molecule has 1 aromatic rings. The highest BCUT2D eigenvalue weighted by atomic mass is 79.9. The highest BCUT2D eigenvalue weighted by Gasteiger charge is 2.18. The minimum Gasteiger partial charge on any atom is -0.483 e. The Labute approximate surface area is 150 Å². The second kappa shape index (κ2) is 8.73. The summed E-state index contributed by atoms with van der Waals surface area (Å²) >= 11 is 3.39. The molecule has 6 nitrogen and oxygen atoms in total. The monoisotopic (exact) mass is 395 g/mol. The van der Waals surface area contributed by atoms with E-state index in [1.54, 1.807) is 6.07 Å². The number of likely N-dealkylation sites (tertiary alicyclic amines) is 1. The lowest BCUT2D eigenvalue weighted by Crippen LogP contribution is -2.40. The summed E-state index contributed by atoms with van der Waals surface area (Å²) in [4.78, 5) is 25.6. The number of aryl methyl sites for hydroxylation is 1. The van der Waals surface area contributed by atoms with Crippen molar-refractivity contribution >= 4 is 27.7 Å². The number of rotatable bonds is 7. The van der Waals surface area contributed by atoms with Crippen LogP contribution in [0.4, 0.5) is 0 Å². The second-order valence-corrected chi connectivity index (χ2v) is 6.62. The third-order valence-electron chi connectivity index (χ3n) is 3.65. The molecule has 0 aliphatic carbocycles. The van der Waals surface area contributed by atoms with E-state index in [1.807, 2.05) is 24.0 Å². The van der Waals surface area contributed by atoms with Gasteiger partial charge in [-0.05, 0) is 53.4 Å². The van der Waals surface area contributed by atoms with E-state index in [2.05, 4.69) is 33.4 Å². The Kier molecular flexibility index (Phi) is 6.66. The third-order valence-corrected chi connectivity index (χ3v) is 4.27. The van der Waals surface area contributed by atoms with Crippen LogP contribution in [-0.4, -0.2) is 36.4 Å². The molecule has 24 heavy (non-hydrogen) atoms. The number of carbonyl (C=O) groups excluding carboxylic acids is 2. The Balaban J connectivity index is 1.68. The van der Waals surface area contributed by atoms with Crippen molar-refractivity contribution in [1.82, 2.24) is 15.8 Å². The van der Waals surface area contributed by atoms with Crippen molar-refractivity contribution < 1.29 is 14.3 Å². The fraction of sp³-hybridized carbons (Fsp3) is 0.412. The van der Waals surface area contributed by atoms with Crippen molar-refractivity contribution in [2.24, 2.45) is 0 Å². The number of ether oxygens (including phenoxy) is 1. The van der Waals surface area contributed by atoms with Crippen LogP contribution in [0.25, 0.3) is 0 Å². The Morgan fingerprint density at radius 3 is 2.67 bits per heavy atom. The van der Waals surface area contributed by atoms with Crippen LogP contribution >= 0.6 is 15.9 Å². The Hall–Kier alpha value is -2.02. The molecule has 2 N–H and O–H groups in total. The highest BCUT2D eigenvalue weighted by Crippen LogP contribution is 2.25. The molecule has 1 fully saturated rings. The maximum atomic E-state index is 12.0. The van der Waals surface area contributed by atoms with Crippen molar-refractivity contribution in [3.63, 3.8) is 0 Å². The smallest absolute Gasteiger partial charge is 0.276 e. The summed E-state index contributed by atoms with van der Waals surface area (Å²) in [5.74, 6) is 0.273. The van der Waals surface area contributed by atoms with Gasteiger partial charge in [0.1, 0.15) is 5.75 Å². The summed E-state index contributed by atoms with van der Waals surface area (Å²) in [5.41, 5.74) is 6.70. The molecule has 0 radical (unpaired) electrons. The lowest BCUT2D eigenvalue weighted by atomic mass is 10.2. The first-order valence-electron chi connectivity index (χ1n) is 7.85. The number of nitrogens with one attached hydrogen (secondary N) is 2. The molecule has 0 atom stereocenters. The molecule has 130 valence electrons. The van der Waals surface area contributed by atoms with Gasteiger partial charge in [-0.3, -0.25) is 15.0 Å². The van der Waals surface area contributed by atoms with E-state index in [-0.39, 0.29) is 24.8 Å². The van der Waals surface area contributed by atoms with Gasteiger partial charge in [-0.15, -0.1) is 0 Å². The molecule has 2 rings (SSSR count). The fourth-order valence-electron chi connectivity index (χ4n) is 2.37. The average Bonchev–Trinajstić information content (AvgIpc) is 3.06. The molecule has 0 saturated carbocycles. The van der Waals surface area contributed by atoms with Crippen molar-refractivity contribution in [3.05, 3.63) is 40.5 Å². The van der Waals surface area contributed by atoms with Gasteiger partial charge in [-0.25, -0.2) is 0 Å². The molecular formula is C17H22BrN3O3. The van der Waals surface area contributed by atoms with Crippen LogP contribution in [0.2, 0.25) is 0 Å². The number of nitrogens with zero attached hydrogens (tertiary/aromatic N) is 1. The van der Waals surface area contributed by atoms with Gasteiger partial charge in [0.15, 0.2) is 6.61 Å². The van der Waals surface area contributed by atoms with Crippen LogP contribution in [0.5, 0.6) is 5.75 Å². The van der Waals surface area contributed by atoms with E-state index in [0.717, 1.165) is 36.0 Å². The van der Waals surface area contributed by atoms with Crippen LogP contribution in [0.15, 0.2) is 34.9 Å². The zero-order valence-electron chi connectivity index (χ0n) is 13.7. The summed E-state index contributed by atoms with van der Waals surface area (Å²) in [5, 5.41) is 0. The molecule has 1 saturated heterocycles. The number of hydrogen-bond donors (Lipinski definition) is 2. The van der Waals surface area contributed by atoms with E-state index >= 15 is 0 Å². The summed E-state index contributed by atoms with van der Waals surface area (Å²) in [7, 11) is 0. The van der Waals surface area contributed by atoms with Gasteiger partial charge in [0.2, 0.25) is 5.91 Å². The van der Waals surface area contributed by atoms with E-state index in [4.69, 9.17) is 4.74 Å². The molecule has 0 bridgehead atoms. The van der Waals surface area contributed by atoms with Gasteiger partial charge < -0.3 is 15.1 Å². The van der Waals surface area contributed by atoms with Crippen molar-refractivity contribution in [3.8, 4) is 5.75 Å².